The van der Waals surface area contributed by atoms with Crippen molar-refractivity contribution in [3.05, 3.63) is 53.9 Å². The molecule has 2 aromatic rings. The number of likely N-dealkylation sites (tertiary alicyclic amines) is 1. The lowest BCUT2D eigenvalue weighted by atomic mass is 9.98. The molecule has 0 aliphatic carbocycles. The molecule has 1 saturated heterocycles. The van der Waals surface area contributed by atoms with Crippen molar-refractivity contribution in [1.29, 1.82) is 0 Å². The van der Waals surface area contributed by atoms with E-state index in [0.717, 1.165) is 31.0 Å². The van der Waals surface area contributed by atoms with Gasteiger partial charge < -0.3 is 14.4 Å². The van der Waals surface area contributed by atoms with Gasteiger partial charge in [-0.1, -0.05) is 6.07 Å². The highest BCUT2D eigenvalue weighted by molar-refractivity contribution is 5.94. The first kappa shape index (κ1) is 13.1. The number of aromatic nitrogens is 1. The van der Waals surface area contributed by atoms with Crippen LogP contribution in [0.1, 0.15) is 28.3 Å². The predicted octanol–water partition coefficient (Wildman–Crippen LogP) is 2.44. The Balaban J connectivity index is 1.49. The fourth-order valence-electron chi connectivity index (χ4n) is 3.06. The summed E-state index contributed by atoms with van der Waals surface area (Å²) in [7, 11) is 0. The Hall–Kier alpha value is -2.56. The number of hydrogen-bond donors (Lipinski definition) is 0. The maximum atomic E-state index is 12.5. The molecule has 1 fully saturated rings. The normalized spacial score (nSPS) is 19.5. The van der Waals surface area contributed by atoms with Crippen LogP contribution in [0.4, 0.5) is 0 Å². The van der Waals surface area contributed by atoms with E-state index in [1.165, 1.54) is 5.56 Å². The standard InChI is InChI=1S/C17H16N2O3/c20-17(12-3-6-18-7-4-12)19-8-5-14(10-19)13-1-2-15-16(9-13)22-11-21-15/h1-4,6-7,9,14H,5,8,10-11H2. The van der Waals surface area contributed by atoms with Crippen molar-refractivity contribution in [2.75, 3.05) is 19.9 Å². The van der Waals surface area contributed by atoms with Gasteiger partial charge in [-0.25, -0.2) is 0 Å². The summed E-state index contributed by atoms with van der Waals surface area (Å²) in [5, 5.41) is 0. The highest BCUT2D eigenvalue weighted by Gasteiger charge is 2.29. The number of hydrogen-bond acceptors (Lipinski definition) is 4. The lowest BCUT2D eigenvalue weighted by molar-refractivity contribution is 0.0790. The largest absolute Gasteiger partial charge is 0.454 e. The summed E-state index contributed by atoms with van der Waals surface area (Å²) < 4.78 is 10.8. The van der Waals surface area contributed by atoms with Crippen LogP contribution in [0.15, 0.2) is 42.7 Å². The van der Waals surface area contributed by atoms with Crippen LogP contribution in [0.25, 0.3) is 0 Å². The van der Waals surface area contributed by atoms with Gasteiger partial charge in [0.2, 0.25) is 6.79 Å². The molecule has 112 valence electrons. The van der Waals surface area contributed by atoms with E-state index in [9.17, 15) is 4.79 Å². The summed E-state index contributed by atoms with van der Waals surface area (Å²) in [6.45, 7) is 1.80. The number of carbonyl (C=O) groups excluding carboxylic acids is 1. The van der Waals surface area contributed by atoms with Gasteiger partial charge in [0.15, 0.2) is 11.5 Å². The third kappa shape index (κ3) is 2.28. The van der Waals surface area contributed by atoms with Crippen molar-refractivity contribution in [3.8, 4) is 11.5 Å². The van der Waals surface area contributed by atoms with Gasteiger partial charge in [0.1, 0.15) is 0 Å². The van der Waals surface area contributed by atoms with Gasteiger partial charge in [0.05, 0.1) is 0 Å². The van der Waals surface area contributed by atoms with E-state index in [4.69, 9.17) is 9.47 Å². The molecule has 2 aliphatic rings. The van der Waals surface area contributed by atoms with Crippen LogP contribution in [0.3, 0.4) is 0 Å². The van der Waals surface area contributed by atoms with Crippen molar-refractivity contribution < 1.29 is 14.3 Å². The molecule has 0 N–H and O–H groups in total. The summed E-state index contributed by atoms with van der Waals surface area (Å²) in [5.74, 6) is 2.02. The maximum Gasteiger partial charge on any atom is 0.253 e. The molecule has 1 aromatic carbocycles. The summed E-state index contributed by atoms with van der Waals surface area (Å²) in [5.41, 5.74) is 1.90. The number of rotatable bonds is 2. The molecule has 5 heteroatoms. The second kappa shape index (κ2) is 5.33. The molecule has 22 heavy (non-hydrogen) atoms. The number of amides is 1. The molecule has 0 bridgehead atoms. The first-order valence-electron chi connectivity index (χ1n) is 7.40. The Labute approximate surface area is 128 Å². The quantitative estimate of drug-likeness (QED) is 0.854. The van der Waals surface area contributed by atoms with Gasteiger partial charge in [-0.05, 0) is 36.2 Å². The topological polar surface area (TPSA) is 51.7 Å². The van der Waals surface area contributed by atoms with Crippen molar-refractivity contribution >= 4 is 5.91 Å². The van der Waals surface area contributed by atoms with E-state index >= 15 is 0 Å². The molecule has 1 aromatic heterocycles. The number of carbonyl (C=O) groups is 1. The van der Waals surface area contributed by atoms with Crippen molar-refractivity contribution in [2.45, 2.75) is 12.3 Å². The number of fused-ring (bicyclic) bond motifs is 1. The summed E-state index contributed by atoms with van der Waals surface area (Å²) in [4.78, 5) is 18.3. The van der Waals surface area contributed by atoms with Crippen LogP contribution < -0.4 is 9.47 Å². The fourth-order valence-corrected chi connectivity index (χ4v) is 3.06. The van der Waals surface area contributed by atoms with Crippen LogP contribution >= 0.6 is 0 Å². The Morgan fingerprint density at radius 2 is 1.95 bits per heavy atom. The molecule has 0 radical (unpaired) electrons. The van der Waals surface area contributed by atoms with Gasteiger partial charge in [-0.3, -0.25) is 9.78 Å². The van der Waals surface area contributed by atoms with Crippen LogP contribution in [0, 0.1) is 0 Å². The Kier molecular flexibility index (Phi) is 3.18. The lowest BCUT2D eigenvalue weighted by Gasteiger charge is -2.16. The van der Waals surface area contributed by atoms with Crippen molar-refractivity contribution in [2.24, 2.45) is 0 Å². The summed E-state index contributed by atoms with van der Waals surface area (Å²) >= 11 is 0. The molecule has 0 spiro atoms. The number of pyridine rings is 1. The minimum atomic E-state index is 0.0747. The molecule has 2 aliphatic heterocycles. The van der Waals surface area contributed by atoms with Crippen LogP contribution in [0.2, 0.25) is 0 Å². The first-order valence-corrected chi connectivity index (χ1v) is 7.40. The molecular weight excluding hydrogens is 280 g/mol. The molecule has 5 nitrogen and oxygen atoms in total. The van der Waals surface area contributed by atoms with E-state index in [1.807, 2.05) is 17.0 Å². The highest BCUT2D eigenvalue weighted by Crippen LogP contribution is 2.37. The van der Waals surface area contributed by atoms with Crippen LogP contribution in [-0.2, 0) is 0 Å². The SMILES string of the molecule is O=C(c1ccncc1)N1CCC(c2ccc3c(c2)OCO3)C1. The second-order valence-electron chi connectivity index (χ2n) is 5.59. The van der Waals surface area contributed by atoms with E-state index in [0.29, 0.717) is 11.5 Å². The summed E-state index contributed by atoms with van der Waals surface area (Å²) in [6, 6.07) is 9.57. The molecule has 3 heterocycles. The van der Waals surface area contributed by atoms with Crippen molar-refractivity contribution in [3.63, 3.8) is 0 Å². The average molecular weight is 296 g/mol. The Morgan fingerprint density at radius 1 is 1.14 bits per heavy atom. The number of nitrogens with zero attached hydrogens (tertiary/aromatic N) is 2. The van der Waals surface area contributed by atoms with Crippen LogP contribution in [-0.4, -0.2) is 35.7 Å². The minimum Gasteiger partial charge on any atom is -0.454 e. The Morgan fingerprint density at radius 3 is 2.82 bits per heavy atom. The Bertz CT molecular complexity index is 702. The highest BCUT2D eigenvalue weighted by atomic mass is 16.7. The first-order chi connectivity index (χ1) is 10.8. The van der Waals surface area contributed by atoms with Gasteiger partial charge in [0.25, 0.3) is 5.91 Å². The van der Waals surface area contributed by atoms with E-state index in [1.54, 1.807) is 24.5 Å². The zero-order chi connectivity index (χ0) is 14.9. The predicted molar refractivity (Wildman–Crippen MR) is 80.1 cm³/mol. The van der Waals surface area contributed by atoms with Gasteiger partial charge in [0, 0.05) is 37.0 Å². The van der Waals surface area contributed by atoms with Gasteiger partial charge in [-0.2, -0.15) is 0 Å². The molecule has 0 saturated carbocycles. The average Bonchev–Trinajstić information content (AvgIpc) is 3.23. The lowest BCUT2D eigenvalue weighted by Crippen LogP contribution is -2.28. The molecular formula is C17H16N2O3. The zero-order valence-corrected chi connectivity index (χ0v) is 12.1. The van der Waals surface area contributed by atoms with Crippen molar-refractivity contribution in [1.82, 2.24) is 9.88 Å². The molecule has 4 rings (SSSR count). The molecule has 1 atom stereocenters. The third-order valence-corrected chi connectivity index (χ3v) is 4.27. The zero-order valence-electron chi connectivity index (χ0n) is 12.1. The smallest absolute Gasteiger partial charge is 0.253 e. The van der Waals surface area contributed by atoms with Crippen LogP contribution in [0.5, 0.6) is 11.5 Å². The maximum absolute atomic E-state index is 12.5. The van der Waals surface area contributed by atoms with Gasteiger partial charge in [-0.15, -0.1) is 0 Å². The fraction of sp³-hybridized carbons (Fsp3) is 0.294. The molecule has 1 amide bonds. The van der Waals surface area contributed by atoms with E-state index in [-0.39, 0.29) is 12.7 Å². The number of ether oxygens (including phenoxy) is 2. The van der Waals surface area contributed by atoms with Gasteiger partial charge >= 0.3 is 0 Å². The van der Waals surface area contributed by atoms with E-state index < -0.39 is 0 Å². The second-order valence-corrected chi connectivity index (χ2v) is 5.59. The minimum absolute atomic E-state index is 0.0747. The monoisotopic (exact) mass is 296 g/mol. The number of benzene rings is 1. The third-order valence-electron chi connectivity index (χ3n) is 4.27. The molecule has 1 unspecified atom stereocenters. The summed E-state index contributed by atoms with van der Waals surface area (Å²) in [6.07, 6.45) is 4.27. The van der Waals surface area contributed by atoms with E-state index in [2.05, 4.69) is 11.1 Å².